The van der Waals surface area contributed by atoms with Crippen LogP contribution in [0.2, 0.25) is 0 Å². The molecule has 1 heterocycles. The monoisotopic (exact) mass is 464 g/mol. The molecule has 2 N–H and O–H groups in total. The smallest absolute Gasteiger partial charge is 0.308 e. The first-order valence-corrected chi connectivity index (χ1v) is 11.2. The van der Waals surface area contributed by atoms with Crippen molar-refractivity contribution in [2.24, 2.45) is 5.92 Å². The number of aliphatic carboxylic acids is 1. The quantitative estimate of drug-likeness (QED) is 0.510. The predicted octanol–water partition coefficient (Wildman–Crippen LogP) is 1.96. The number of hydrogen-bond donors (Lipinski definition) is 2. The Balaban J connectivity index is 1.75. The molecular weight excluding hydrogens is 440 g/mol. The predicted molar refractivity (Wildman–Crippen MR) is 116 cm³/mol. The van der Waals surface area contributed by atoms with E-state index in [1.165, 1.54) is 42.3 Å². The van der Waals surface area contributed by atoms with Crippen LogP contribution in [0.1, 0.15) is 6.42 Å². The summed E-state index contributed by atoms with van der Waals surface area (Å²) in [5.41, 5.74) is 0.720. The molecular formula is C21H24N2O8S. The minimum atomic E-state index is -3.92. The van der Waals surface area contributed by atoms with Crippen LogP contribution >= 0.6 is 0 Å². The highest BCUT2D eigenvalue weighted by molar-refractivity contribution is 7.92. The number of carboxylic acids is 1. The summed E-state index contributed by atoms with van der Waals surface area (Å²) in [6, 6.07) is 10.3. The fourth-order valence-corrected chi connectivity index (χ4v) is 4.28. The van der Waals surface area contributed by atoms with Crippen LogP contribution < -0.4 is 19.1 Å². The fourth-order valence-electron chi connectivity index (χ4n) is 3.23. The van der Waals surface area contributed by atoms with Crippen molar-refractivity contribution < 1.29 is 37.3 Å². The Kier molecular flexibility index (Phi) is 7.21. The molecule has 172 valence electrons. The van der Waals surface area contributed by atoms with E-state index in [9.17, 15) is 18.0 Å². The van der Waals surface area contributed by atoms with E-state index < -0.39 is 21.9 Å². The fraction of sp³-hybridized carbons (Fsp3) is 0.333. The van der Waals surface area contributed by atoms with E-state index in [0.29, 0.717) is 23.8 Å². The number of sulfonamides is 1. The van der Waals surface area contributed by atoms with Crippen LogP contribution in [0.3, 0.4) is 0 Å². The molecule has 1 atom stereocenters. The number of ether oxygens (including phenoxy) is 3. The third-order valence-corrected chi connectivity index (χ3v) is 6.29. The van der Waals surface area contributed by atoms with Gasteiger partial charge in [-0.3, -0.25) is 14.3 Å². The Bertz CT molecular complexity index is 1090. The van der Waals surface area contributed by atoms with Crippen LogP contribution in [0.25, 0.3) is 0 Å². The van der Waals surface area contributed by atoms with Crippen molar-refractivity contribution in [2.75, 3.05) is 43.6 Å². The van der Waals surface area contributed by atoms with Gasteiger partial charge in [0.1, 0.15) is 6.61 Å². The summed E-state index contributed by atoms with van der Waals surface area (Å²) < 4.78 is 43.8. The number of benzene rings is 2. The summed E-state index contributed by atoms with van der Waals surface area (Å²) in [6.45, 7) is 0.677. The number of carboxylic acid groups (broad SMARTS) is 1. The standard InChI is InChI=1S/C21H24N2O8S/c1-29-9-10-31-19-12-15(3-8-18(19)30-2)22-32(27,28)17-6-4-16(5-7-17)23-13-14(21(25)26)11-20(23)24/h3-8,12,14,22H,9-11,13H2,1-2H3,(H,25,26). The number of hydrogen-bond acceptors (Lipinski definition) is 7. The number of rotatable bonds is 10. The average Bonchev–Trinajstić information content (AvgIpc) is 3.16. The molecule has 10 nitrogen and oxygen atoms in total. The summed E-state index contributed by atoms with van der Waals surface area (Å²) in [5, 5.41) is 9.11. The molecule has 1 aliphatic rings. The van der Waals surface area contributed by atoms with Crippen molar-refractivity contribution in [3.63, 3.8) is 0 Å². The second-order valence-electron chi connectivity index (χ2n) is 7.05. The van der Waals surface area contributed by atoms with Gasteiger partial charge in [0.25, 0.3) is 10.0 Å². The van der Waals surface area contributed by atoms with Gasteiger partial charge in [-0.2, -0.15) is 0 Å². The van der Waals surface area contributed by atoms with E-state index in [1.54, 1.807) is 19.2 Å². The molecule has 0 aromatic heterocycles. The minimum absolute atomic E-state index is 0.0136. The van der Waals surface area contributed by atoms with Crippen molar-refractivity contribution in [3.05, 3.63) is 42.5 Å². The van der Waals surface area contributed by atoms with Gasteiger partial charge in [0.2, 0.25) is 5.91 Å². The lowest BCUT2D eigenvalue weighted by atomic mass is 10.1. The molecule has 2 aromatic carbocycles. The highest BCUT2D eigenvalue weighted by Gasteiger charge is 2.35. The van der Waals surface area contributed by atoms with Crippen molar-refractivity contribution >= 4 is 33.3 Å². The van der Waals surface area contributed by atoms with E-state index in [4.69, 9.17) is 19.3 Å². The summed E-state index contributed by atoms with van der Waals surface area (Å²) in [5.74, 6) is -1.31. The third-order valence-electron chi connectivity index (χ3n) is 4.89. The maximum Gasteiger partial charge on any atom is 0.308 e. The first-order chi connectivity index (χ1) is 15.2. The lowest BCUT2D eigenvalue weighted by Crippen LogP contribution is -2.25. The lowest BCUT2D eigenvalue weighted by Gasteiger charge is -2.17. The van der Waals surface area contributed by atoms with Crippen molar-refractivity contribution in [2.45, 2.75) is 11.3 Å². The molecule has 1 fully saturated rings. The Morgan fingerprint density at radius 3 is 2.44 bits per heavy atom. The van der Waals surface area contributed by atoms with E-state index in [2.05, 4.69) is 4.72 Å². The van der Waals surface area contributed by atoms with Crippen LogP contribution in [0.5, 0.6) is 11.5 Å². The zero-order valence-corrected chi connectivity index (χ0v) is 18.4. The number of methoxy groups -OCH3 is 2. The summed E-state index contributed by atoms with van der Waals surface area (Å²) in [4.78, 5) is 24.6. The summed E-state index contributed by atoms with van der Waals surface area (Å²) in [6.07, 6.45) is -0.0802. The van der Waals surface area contributed by atoms with Crippen molar-refractivity contribution in [3.8, 4) is 11.5 Å². The topological polar surface area (TPSA) is 131 Å². The molecule has 0 saturated carbocycles. The summed E-state index contributed by atoms with van der Waals surface area (Å²) in [7, 11) is -0.899. The molecule has 0 spiro atoms. The number of carbonyl (C=O) groups is 2. The lowest BCUT2D eigenvalue weighted by molar-refractivity contribution is -0.141. The highest BCUT2D eigenvalue weighted by Crippen LogP contribution is 2.32. The van der Waals surface area contributed by atoms with Crippen molar-refractivity contribution in [1.29, 1.82) is 0 Å². The molecule has 0 bridgehead atoms. The minimum Gasteiger partial charge on any atom is -0.493 e. The van der Waals surface area contributed by atoms with Gasteiger partial charge >= 0.3 is 5.97 Å². The van der Waals surface area contributed by atoms with Gasteiger partial charge in [0, 0.05) is 31.8 Å². The van der Waals surface area contributed by atoms with Crippen LogP contribution in [0.4, 0.5) is 11.4 Å². The van der Waals surface area contributed by atoms with Crippen molar-refractivity contribution in [1.82, 2.24) is 0 Å². The van der Waals surface area contributed by atoms with E-state index in [0.717, 1.165) is 0 Å². The van der Waals surface area contributed by atoms with Gasteiger partial charge in [0.15, 0.2) is 11.5 Å². The van der Waals surface area contributed by atoms with Gasteiger partial charge < -0.3 is 24.2 Å². The zero-order chi connectivity index (χ0) is 23.3. The first kappa shape index (κ1) is 23.4. The first-order valence-electron chi connectivity index (χ1n) is 9.71. The largest absolute Gasteiger partial charge is 0.493 e. The molecule has 1 aliphatic heterocycles. The van der Waals surface area contributed by atoms with Gasteiger partial charge in [0.05, 0.1) is 30.2 Å². The van der Waals surface area contributed by atoms with E-state index >= 15 is 0 Å². The summed E-state index contributed by atoms with van der Waals surface area (Å²) >= 11 is 0. The molecule has 1 saturated heterocycles. The molecule has 1 amide bonds. The van der Waals surface area contributed by atoms with Crippen LogP contribution in [0, 0.1) is 5.92 Å². The van der Waals surface area contributed by atoms with Crippen LogP contribution in [-0.4, -0.2) is 59.4 Å². The average molecular weight is 464 g/mol. The molecule has 2 aromatic rings. The molecule has 0 aliphatic carbocycles. The Morgan fingerprint density at radius 1 is 1.12 bits per heavy atom. The Morgan fingerprint density at radius 2 is 1.84 bits per heavy atom. The van der Waals surface area contributed by atoms with Gasteiger partial charge in [-0.05, 0) is 36.4 Å². The SMILES string of the molecule is COCCOc1cc(NS(=O)(=O)c2ccc(N3CC(C(=O)O)CC3=O)cc2)ccc1OC. The molecule has 32 heavy (non-hydrogen) atoms. The second kappa shape index (κ2) is 9.88. The second-order valence-corrected chi connectivity index (χ2v) is 8.73. The van der Waals surface area contributed by atoms with E-state index in [1.807, 2.05) is 0 Å². The maximum absolute atomic E-state index is 12.8. The van der Waals surface area contributed by atoms with Gasteiger partial charge in [-0.1, -0.05) is 0 Å². The molecule has 0 radical (unpaired) electrons. The number of nitrogens with zero attached hydrogens (tertiary/aromatic N) is 1. The molecule has 3 rings (SSSR count). The van der Waals surface area contributed by atoms with Crippen LogP contribution in [-0.2, 0) is 24.3 Å². The Hall–Kier alpha value is -3.31. The van der Waals surface area contributed by atoms with E-state index in [-0.39, 0.29) is 36.1 Å². The highest BCUT2D eigenvalue weighted by atomic mass is 32.2. The maximum atomic E-state index is 12.8. The third kappa shape index (κ3) is 5.29. The number of nitrogens with one attached hydrogen (secondary N) is 1. The molecule has 1 unspecified atom stereocenters. The van der Waals surface area contributed by atoms with Crippen LogP contribution in [0.15, 0.2) is 47.4 Å². The molecule has 11 heteroatoms. The number of amides is 1. The van der Waals surface area contributed by atoms with Gasteiger partial charge in [-0.25, -0.2) is 8.42 Å². The Labute approximate surface area is 185 Å². The normalized spacial score (nSPS) is 16.1. The zero-order valence-electron chi connectivity index (χ0n) is 17.6. The number of carbonyl (C=O) groups excluding carboxylic acids is 1. The number of anilines is 2. The van der Waals surface area contributed by atoms with Gasteiger partial charge in [-0.15, -0.1) is 0 Å².